The van der Waals surface area contributed by atoms with Crippen LogP contribution in [-0.4, -0.2) is 25.9 Å². The first-order chi connectivity index (χ1) is 15.7. The number of aryl methyl sites for hydroxylation is 1. The number of nitro benzene ring substituents is 1. The summed E-state index contributed by atoms with van der Waals surface area (Å²) in [5.41, 5.74) is 3.96. The van der Waals surface area contributed by atoms with Crippen LogP contribution < -0.4 is 5.32 Å². The summed E-state index contributed by atoms with van der Waals surface area (Å²) < 4.78 is 30.1. The molecule has 0 saturated carbocycles. The third kappa shape index (κ3) is 4.84. The van der Waals surface area contributed by atoms with E-state index < -0.39 is 15.0 Å². The van der Waals surface area contributed by atoms with Crippen LogP contribution in [0.3, 0.4) is 0 Å². The predicted octanol–water partition coefficient (Wildman–Crippen LogP) is 4.34. The van der Waals surface area contributed by atoms with E-state index in [0.29, 0.717) is 22.4 Å². The zero-order valence-electron chi connectivity index (χ0n) is 17.6. The third-order valence-corrected chi connectivity index (χ3v) is 6.57. The highest BCUT2D eigenvalue weighted by molar-refractivity contribution is 7.86. The van der Waals surface area contributed by atoms with Gasteiger partial charge in [0.05, 0.1) is 16.4 Å². The van der Waals surface area contributed by atoms with E-state index in [-0.39, 0.29) is 29.5 Å². The Balaban J connectivity index is 1.56. The molecular weight excluding hydrogens is 444 g/mol. The van der Waals surface area contributed by atoms with Gasteiger partial charge in [0.25, 0.3) is 21.7 Å². The molecule has 0 spiro atoms. The zero-order chi connectivity index (χ0) is 23.6. The number of amides is 1. The molecule has 4 rings (SSSR count). The highest BCUT2D eigenvalue weighted by Crippen LogP contribution is 2.36. The largest absolute Gasteiger partial charge is 0.321 e. The number of hydrogen-bond acceptors (Lipinski definition) is 6. The van der Waals surface area contributed by atoms with Gasteiger partial charge in [-0.05, 0) is 60.9 Å². The van der Waals surface area contributed by atoms with Gasteiger partial charge >= 0.3 is 0 Å². The molecule has 1 N–H and O–H groups in total. The lowest BCUT2D eigenvalue weighted by atomic mass is 9.97. The number of non-ortho nitro benzene ring substituents is 1. The molecule has 3 aromatic carbocycles. The van der Waals surface area contributed by atoms with Crippen LogP contribution in [0.15, 0.2) is 71.6 Å². The van der Waals surface area contributed by atoms with Crippen LogP contribution in [0.5, 0.6) is 0 Å². The molecule has 1 aliphatic heterocycles. The summed E-state index contributed by atoms with van der Waals surface area (Å²) in [6, 6.07) is 17.6. The van der Waals surface area contributed by atoms with E-state index in [1.54, 1.807) is 42.5 Å². The van der Waals surface area contributed by atoms with E-state index in [1.807, 2.05) is 13.0 Å². The molecule has 0 saturated heterocycles. The van der Waals surface area contributed by atoms with Gasteiger partial charge in [0.15, 0.2) is 0 Å². The van der Waals surface area contributed by atoms with Gasteiger partial charge in [0, 0.05) is 29.0 Å². The predicted molar refractivity (Wildman–Crippen MR) is 124 cm³/mol. The molecule has 1 aliphatic rings. The molecule has 0 radical (unpaired) electrons. The Labute approximate surface area is 190 Å². The van der Waals surface area contributed by atoms with E-state index in [4.69, 9.17) is 4.18 Å². The fourth-order valence-corrected chi connectivity index (χ4v) is 4.47. The Morgan fingerprint density at radius 1 is 1.03 bits per heavy atom. The second-order valence-corrected chi connectivity index (χ2v) is 9.15. The van der Waals surface area contributed by atoms with E-state index in [2.05, 4.69) is 5.32 Å². The second kappa shape index (κ2) is 8.97. The summed E-state index contributed by atoms with van der Waals surface area (Å²) >= 11 is 0. The quantitative estimate of drug-likeness (QED) is 0.241. The average Bonchev–Trinajstić information content (AvgIpc) is 3.10. The van der Waals surface area contributed by atoms with Crippen molar-refractivity contribution in [1.29, 1.82) is 0 Å². The van der Waals surface area contributed by atoms with Crippen LogP contribution in [0, 0.1) is 17.0 Å². The number of benzene rings is 3. The van der Waals surface area contributed by atoms with E-state index >= 15 is 0 Å². The van der Waals surface area contributed by atoms with Crippen LogP contribution in [-0.2, 0) is 25.5 Å². The summed E-state index contributed by atoms with van der Waals surface area (Å²) in [4.78, 5) is 23.1. The Kier molecular flexibility index (Phi) is 6.08. The number of fused-ring (bicyclic) bond motifs is 1. The lowest BCUT2D eigenvalue weighted by Crippen LogP contribution is -2.10. The van der Waals surface area contributed by atoms with Crippen molar-refractivity contribution >= 4 is 39.0 Å². The zero-order valence-corrected chi connectivity index (χ0v) is 18.5. The summed E-state index contributed by atoms with van der Waals surface area (Å²) in [5, 5.41) is 13.7. The van der Waals surface area contributed by atoms with Crippen LogP contribution in [0.4, 0.5) is 11.4 Å². The van der Waals surface area contributed by atoms with E-state index in [1.165, 1.54) is 24.3 Å². The molecule has 0 fully saturated rings. The van der Waals surface area contributed by atoms with E-state index in [0.717, 1.165) is 11.1 Å². The number of anilines is 1. The highest BCUT2D eigenvalue weighted by atomic mass is 32.2. The minimum atomic E-state index is -3.90. The van der Waals surface area contributed by atoms with Crippen molar-refractivity contribution in [3.8, 4) is 0 Å². The molecular formula is C24H20N2O6S. The number of hydrogen-bond donors (Lipinski definition) is 1. The van der Waals surface area contributed by atoms with Gasteiger partial charge in [0.1, 0.15) is 0 Å². The number of carbonyl (C=O) groups excluding carboxylic acids is 1. The fraction of sp³-hybridized carbons (Fsp3) is 0.125. The summed E-state index contributed by atoms with van der Waals surface area (Å²) in [6.07, 6.45) is 1.92. The molecule has 9 heteroatoms. The number of nitrogens with zero attached hydrogens (tertiary/aromatic N) is 1. The molecule has 0 unspecified atom stereocenters. The van der Waals surface area contributed by atoms with Crippen LogP contribution in [0.25, 0.3) is 11.6 Å². The normalized spacial score (nSPS) is 14.2. The number of nitro groups is 1. The molecule has 168 valence electrons. The van der Waals surface area contributed by atoms with Crippen molar-refractivity contribution < 1.29 is 22.3 Å². The van der Waals surface area contributed by atoms with Crippen LogP contribution in [0.1, 0.15) is 22.3 Å². The minimum absolute atomic E-state index is 0.0407. The van der Waals surface area contributed by atoms with Crippen LogP contribution in [0.2, 0.25) is 0 Å². The van der Waals surface area contributed by atoms with Crippen molar-refractivity contribution in [1.82, 2.24) is 0 Å². The SMILES string of the molecule is Cc1ccc(S(=O)(=O)OCCc2cccc3c2/C(=C/c2ccc([N+](=O)[O-])cc2)C(=O)N3)cc1. The first-order valence-corrected chi connectivity index (χ1v) is 11.5. The molecule has 0 atom stereocenters. The molecule has 3 aromatic rings. The molecule has 0 bridgehead atoms. The number of nitrogens with one attached hydrogen (secondary N) is 1. The standard InChI is InChI=1S/C24H20N2O6S/c1-16-5-11-20(12-6-16)33(30,31)32-14-13-18-3-2-4-22-23(18)21(24(27)25-22)15-17-7-9-19(10-8-17)26(28)29/h2-12,15H,13-14H2,1H3,(H,25,27)/b21-15-. The van der Waals surface area contributed by atoms with Gasteiger partial charge in [-0.15, -0.1) is 0 Å². The number of rotatable bonds is 7. The molecule has 1 heterocycles. The Hall–Kier alpha value is -3.82. The maximum atomic E-state index is 12.6. The minimum Gasteiger partial charge on any atom is -0.321 e. The molecule has 1 amide bonds. The van der Waals surface area contributed by atoms with Gasteiger partial charge in [-0.1, -0.05) is 29.8 Å². The first kappa shape index (κ1) is 22.4. The highest BCUT2D eigenvalue weighted by Gasteiger charge is 2.27. The van der Waals surface area contributed by atoms with Gasteiger partial charge < -0.3 is 5.32 Å². The monoisotopic (exact) mass is 464 g/mol. The third-order valence-electron chi connectivity index (χ3n) is 5.25. The molecule has 8 nitrogen and oxygen atoms in total. The van der Waals surface area contributed by atoms with E-state index in [9.17, 15) is 23.3 Å². The van der Waals surface area contributed by atoms with Gasteiger partial charge in [-0.2, -0.15) is 8.42 Å². The molecule has 33 heavy (non-hydrogen) atoms. The first-order valence-electron chi connectivity index (χ1n) is 10.1. The van der Waals surface area contributed by atoms with Crippen molar-refractivity contribution in [3.05, 3.63) is 99.1 Å². The van der Waals surface area contributed by atoms with Crippen molar-refractivity contribution in [2.45, 2.75) is 18.2 Å². The van der Waals surface area contributed by atoms with Gasteiger partial charge in [-0.3, -0.25) is 19.1 Å². The maximum Gasteiger partial charge on any atom is 0.296 e. The smallest absolute Gasteiger partial charge is 0.296 e. The molecule has 0 aliphatic carbocycles. The Morgan fingerprint density at radius 2 is 1.73 bits per heavy atom. The summed E-state index contributed by atoms with van der Waals surface area (Å²) in [5.74, 6) is -0.302. The van der Waals surface area contributed by atoms with Crippen molar-refractivity contribution in [2.75, 3.05) is 11.9 Å². The second-order valence-electron chi connectivity index (χ2n) is 7.54. The maximum absolute atomic E-state index is 12.6. The van der Waals surface area contributed by atoms with Gasteiger partial charge in [0.2, 0.25) is 0 Å². The van der Waals surface area contributed by atoms with Crippen LogP contribution >= 0.6 is 0 Å². The topological polar surface area (TPSA) is 116 Å². The summed E-state index contributed by atoms with van der Waals surface area (Å²) in [6.45, 7) is 1.77. The van der Waals surface area contributed by atoms with Crippen molar-refractivity contribution in [3.63, 3.8) is 0 Å². The van der Waals surface area contributed by atoms with Gasteiger partial charge in [-0.25, -0.2) is 0 Å². The lowest BCUT2D eigenvalue weighted by molar-refractivity contribution is -0.384. The van der Waals surface area contributed by atoms with Crippen molar-refractivity contribution in [2.24, 2.45) is 0 Å². The number of carbonyl (C=O) groups is 1. The fourth-order valence-electron chi connectivity index (χ4n) is 3.56. The lowest BCUT2D eigenvalue weighted by Gasteiger charge is -2.10. The Bertz CT molecular complexity index is 1360. The Morgan fingerprint density at radius 3 is 2.39 bits per heavy atom. The average molecular weight is 464 g/mol. The summed E-state index contributed by atoms with van der Waals surface area (Å²) in [7, 11) is -3.90. The molecule has 0 aromatic heterocycles.